The first-order valence-electron chi connectivity index (χ1n) is 7.74. The van der Waals surface area contributed by atoms with Gasteiger partial charge >= 0.3 is 0 Å². The lowest BCUT2D eigenvalue weighted by Gasteiger charge is -2.42. The lowest BCUT2D eigenvalue weighted by Crippen LogP contribution is -2.43. The standard InChI is InChI=1S/C15H27NO/c1-3-13(4-1)7-12-17-15(8-2-9-15)10-11-16-14-5-6-14/h13-14,16H,1-12H2. The third-order valence-corrected chi connectivity index (χ3v) is 5.01. The summed E-state index contributed by atoms with van der Waals surface area (Å²) in [6.07, 6.45) is 13.7. The van der Waals surface area contributed by atoms with E-state index in [9.17, 15) is 0 Å². The smallest absolute Gasteiger partial charge is 0.0694 e. The second kappa shape index (κ2) is 5.27. The minimum absolute atomic E-state index is 0.283. The van der Waals surface area contributed by atoms with E-state index in [2.05, 4.69) is 5.32 Å². The van der Waals surface area contributed by atoms with Crippen LogP contribution in [0.2, 0.25) is 0 Å². The maximum absolute atomic E-state index is 6.23. The Hall–Kier alpha value is -0.0800. The van der Waals surface area contributed by atoms with Gasteiger partial charge in [0.25, 0.3) is 0 Å². The summed E-state index contributed by atoms with van der Waals surface area (Å²) in [5, 5.41) is 3.62. The largest absolute Gasteiger partial charge is 0.375 e. The predicted molar refractivity (Wildman–Crippen MR) is 70.1 cm³/mol. The third kappa shape index (κ3) is 3.23. The van der Waals surface area contributed by atoms with E-state index in [-0.39, 0.29) is 5.60 Å². The van der Waals surface area contributed by atoms with Gasteiger partial charge in [0.1, 0.15) is 0 Å². The van der Waals surface area contributed by atoms with Gasteiger partial charge in [-0.25, -0.2) is 0 Å². The fourth-order valence-corrected chi connectivity index (χ4v) is 3.05. The fraction of sp³-hybridized carbons (Fsp3) is 1.00. The second-order valence-electron chi connectivity index (χ2n) is 6.45. The van der Waals surface area contributed by atoms with Crippen molar-refractivity contribution in [3.05, 3.63) is 0 Å². The summed E-state index contributed by atoms with van der Waals surface area (Å²) in [6, 6.07) is 0.849. The zero-order valence-electron chi connectivity index (χ0n) is 11.0. The highest BCUT2D eigenvalue weighted by atomic mass is 16.5. The van der Waals surface area contributed by atoms with E-state index in [4.69, 9.17) is 4.74 Å². The van der Waals surface area contributed by atoms with Crippen LogP contribution >= 0.6 is 0 Å². The second-order valence-corrected chi connectivity index (χ2v) is 6.45. The molecule has 2 nitrogen and oxygen atoms in total. The molecular weight excluding hydrogens is 210 g/mol. The van der Waals surface area contributed by atoms with E-state index in [0.717, 1.165) is 18.6 Å². The molecule has 0 saturated heterocycles. The first-order chi connectivity index (χ1) is 8.36. The number of rotatable bonds is 8. The monoisotopic (exact) mass is 237 g/mol. The molecule has 17 heavy (non-hydrogen) atoms. The first kappa shape index (κ1) is 12.0. The van der Waals surface area contributed by atoms with Crippen LogP contribution in [-0.2, 0) is 4.74 Å². The maximum Gasteiger partial charge on any atom is 0.0694 e. The van der Waals surface area contributed by atoms with Gasteiger partial charge in [0.15, 0.2) is 0 Å². The van der Waals surface area contributed by atoms with Crippen LogP contribution in [0.5, 0.6) is 0 Å². The third-order valence-electron chi connectivity index (χ3n) is 5.01. The van der Waals surface area contributed by atoms with Crippen LogP contribution in [0, 0.1) is 5.92 Å². The predicted octanol–water partition coefficient (Wildman–Crippen LogP) is 3.26. The van der Waals surface area contributed by atoms with Gasteiger partial charge < -0.3 is 10.1 Å². The van der Waals surface area contributed by atoms with Crippen molar-refractivity contribution >= 4 is 0 Å². The van der Waals surface area contributed by atoms with Crippen molar-refractivity contribution in [3.8, 4) is 0 Å². The molecule has 0 aromatic carbocycles. The summed E-state index contributed by atoms with van der Waals surface area (Å²) in [6.45, 7) is 2.20. The summed E-state index contributed by atoms with van der Waals surface area (Å²) in [5.41, 5.74) is 0.283. The maximum atomic E-state index is 6.23. The summed E-state index contributed by atoms with van der Waals surface area (Å²) in [5.74, 6) is 0.997. The van der Waals surface area contributed by atoms with Crippen molar-refractivity contribution in [3.63, 3.8) is 0 Å². The molecule has 3 saturated carbocycles. The van der Waals surface area contributed by atoms with E-state index < -0.39 is 0 Å². The average Bonchev–Trinajstić information content (AvgIpc) is 3.00. The Morgan fingerprint density at radius 2 is 1.88 bits per heavy atom. The Morgan fingerprint density at radius 3 is 2.41 bits per heavy atom. The quantitative estimate of drug-likeness (QED) is 0.699. The van der Waals surface area contributed by atoms with Crippen molar-refractivity contribution in [1.82, 2.24) is 5.32 Å². The van der Waals surface area contributed by atoms with Gasteiger partial charge in [-0.15, -0.1) is 0 Å². The Bertz CT molecular complexity index is 241. The highest BCUT2D eigenvalue weighted by molar-refractivity contribution is 4.91. The highest BCUT2D eigenvalue weighted by Gasteiger charge is 2.38. The van der Waals surface area contributed by atoms with E-state index in [1.54, 1.807) is 0 Å². The molecule has 0 radical (unpaired) electrons. The van der Waals surface area contributed by atoms with Crippen LogP contribution < -0.4 is 5.32 Å². The number of ether oxygens (including phenoxy) is 1. The van der Waals surface area contributed by atoms with Crippen molar-refractivity contribution in [2.75, 3.05) is 13.2 Å². The van der Waals surface area contributed by atoms with Crippen LogP contribution in [-0.4, -0.2) is 24.8 Å². The van der Waals surface area contributed by atoms with Gasteiger partial charge in [0, 0.05) is 12.6 Å². The Kier molecular flexibility index (Phi) is 3.72. The molecule has 3 fully saturated rings. The molecule has 0 unspecified atom stereocenters. The van der Waals surface area contributed by atoms with Gasteiger partial charge in [0.05, 0.1) is 5.60 Å². The summed E-state index contributed by atoms with van der Waals surface area (Å²) < 4.78 is 6.23. The van der Waals surface area contributed by atoms with E-state index >= 15 is 0 Å². The summed E-state index contributed by atoms with van der Waals surface area (Å²) in [4.78, 5) is 0. The molecule has 0 aliphatic heterocycles. The van der Waals surface area contributed by atoms with Crippen LogP contribution in [0.15, 0.2) is 0 Å². The Labute approximate surface area is 105 Å². The first-order valence-corrected chi connectivity index (χ1v) is 7.74. The lowest BCUT2D eigenvalue weighted by atomic mass is 9.77. The molecule has 0 spiro atoms. The van der Waals surface area contributed by atoms with Crippen LogP contribution in [0.25, 0.3) is 0 Å². The van der Waals surface area contributed by atoms with Gasteiger partial charge in [-0.1, -0.05) is 19.3 Å². The zero-order chi connectivity index (χ0) is 11.6. The SMILES string of the molecule is C1CC(CCOC2(CCNC3CC3)CCC2)C1. The molecule has 3 rings (SSSR count). The molecule has 3 aliphatic carbocycles. The molecule has 0 atom stereocenters. The highest BCUT2D eigenvalue weighted by Crippen LogP contribution is 2.39. The van der Waals surface area contributed by atoms with Crippen molar-refractivity contribution < 1.29 is 4.74 Å². The molecule has 1 N–H and O–H groups in total. The topological polar surface area (TPSA) is 21.3 Å². The lowest BCUT2D eigenvalue weighted by molar-refractivity contribution is -0.109. The van der Waals surface area contributed by atoms with Gasteiger partial charge in [0.2, 0.25) is 0 Å². The van der Waals surface area contributed by atoms with Crippen LogP contribution in [0.1, 0.15) is 64.2 Å². The van der Waals surface area contributed by atoms with Crippen LogP contribution in [0.3, 0.4) is 0 Å². The van der Waals surface area contributed by atoms with Crippen LogP contribution in [0.4, 0.5) is 0 Å². The van der Waals surface area contributed by atoms with Crippen molar-refractivity contribution in [2.24, 2.45) is 5.92 Å². The average molecular weight is 237 g/mol. The molecular formula is C15H27NO. The van der Waals surface area contributed by atoms with Crippen molar-refractivity contribution in [1.29, 1.82) is 0 Å². The molecule has 0 bridgehead atoms. The molecule has 0 amide bonds. The Morgan fingerprint density at radius 1 is 1.06 bits per heavy atom. The summed E-state index contributed by atoms with van der Waals surface area (Å²) >= 11 is 0. The van der Waals surface area contributed by atoms with E-state index in [1.807, 2.05) is 0 Å². The zero-order valence-corrected chi connectivity index (χ0v) is 11.0. The minimum atomic E-state index is 0.283. The fourth-order valence-electron chi connectivity index (χ4n) is 3.05. The van der Waals surface area contributed by atoms with E-state index in [0.29, 0.717) is 0 Å². The number of hydrogen-bond acceptors (Lipinski definition) is 2. The summed E-state index contributed by atoms with van der Waals surface area (Å²) in [7, 11) is 0. The molecule has 0 heterocycles. The van der Waals surface area contributed by atoms with Gasteiger partial charge in [-0.05, 0) is 57.4 Å². The Balaban J connectivity index is 1.31. The molecule has 98 valence electrons. The minimum Gasteiger partial charge on any atom is -0.375 e. The molecule has 2 heteroatoms. The van der Waals surface area contributed by atoms with Gasteiger partial charge in [-0.2, -0.15) is 0 Å². The normalized spacial score (nSPS) is 27.5. The van der Waals surface area contributed by atoms with Gasteiger partial charge in [-0.3, -0.25) is 0 Å². The number of nitrogens with one attached hydrogen (secondary N) is 1. The van der Waals surface area contributed by atoms with Crippen molar-refractivity contribution in [2.45, 2.75) is 75.9 Å². The molecule has 3 aliphatic rings. The molecule has 0 aromatic heterocycles. The molecule has 0 aromatic rings. The number of hydrogen-bond donors (Lipinski definition) is 1. The van der Waals surface area contributed by atoms with E-state index in [1.165, 1.54) is 70.8 Å².